The Balaban J connectivity index is 1.88. The van der Waals surface area contributed by atoms with Crippen LogP contribution in [0.1, 0.15) is 36.3 Å². The predicted molar refractivity (Wildman–Crippen MR) is 53.8 cm³/mol. The number of nitrogens with two attached hydrogens (primary N) is 1. The van der Waals surface area contributed by atoms with Crippen molar-refractivity contribution in [3.8, 4) is 0 Å². The monoisotopic (exact) mass is 209 g/mol. The van der Waals surface area contributed by atoms with E-state index in [0.717, 1.165) is 0 Å². The third-order valence-electron chi connectivity index (χ3n) is 3.50. The summed E-state index contributed by atoms with van der Waals surface area (Å²) in [5.41, 5.74) is 6.07. The van der Waals surface area contributed by atoms with Gasteiger partial charge in [0, 0.05) is 6.42 Å². The molecule has 0 bridgehead atoms. The second-order valence-corrected chi connectivity index (χ2v) is 4.75. The normalized spacial score (nSPS) is 32.7. The molecule has 0 aromatic heterocycles. The molecule has 2 N–H and O–H groups in total. The van der Waals surface area contributed by atoms with E-state index in [4.69, 9.17) is 5.73 Å². The molecule has 1 nitrogen and oxygen atoms in total. The summed E-state index contributed by atoms with van der Waals surface area (Å²) in [5, 5.41) is 0. The van der Waals surface area contributed by atoms with Crippen molar-refractivity contribution in [3.05, 3.63) is 35.4 Å². The van der Waals surface area contributed by atoms with Gasteiger partial charge in [0.1, 0.15) is 5.54 Å². The summed E-state index contributed by atoms with van der Waals surface area (Å²) in [6.07, 6.45) is 2.23. The minimum Gasteiger partial charge on any atom is -0.316 e. The summed E-state index contributed by atoms with van der Waals surface area (Å²) in [5.74, 6) is -2.05. The van der Waals surface area contributed by atoms with Crippen LogP contribution in [0, 0.1) is 0 Å². The summed E-state index contributed by atoms with van der Waals surface area (Å²) in [7, 11) is 0. The molecular formula is C12H13F2N. The highest BCUT2D eigenvalue weighted by atomic mass is 19.3. The van der Waals surface area contributed by atoms with Crippen LogP contribution in [0.3, 0.4) is 0 Å². The molecule has 2 aliphatic rings. The lowest BCUT2D eigenvalue weighted by Gasteiger charge is -2.11. The van der Waals surface area contributed by atoms with Crippen LogP contribution in [0.25, 0.3) is 0 Å². The van der Waals surface area contributed by atoms with E-state index in [1.807, 2.05) is 12.1 Å². The van der Waals surface area contributed by atoms with Crippen molar-refractivity contribution in [1.29, 1.82) is 0 Å². The standard InChI is InChI=1S/C12H13F2N/c13-12(14)7-11(12,15)10-5-3-9(4-6-10)8-1-2-8/h3-6,8H,1-2,7,15H2. The van der Waals surface area contributed by atoms with Crippen LogP contribution in [0.5, 0.6) is 0 Å². The molecular weight excluding hydrogens is 196 g/mol. The first-order valence-corrected chi connectivity index (χ1v) is 5.30. The molecule has 1 atom stereocenters. The van der Waals surface area contributed by atoms with Gasteiger partial charge in [0.15, 0.2) is 0 Å². The molecule has 0 amide bonds. The van der Waals surface area contributed by atoms with Gasteiger partial charge in [-0.2, -0.15) is 0 Å². The van der Waals surface area contributed by atoms with Gasteiger partial charge in [0.05, 0.1) is 0 Å². The van der Waals surface area contributed by atoms with Gasteiger partial charge in [-0.15, -0.1) is 0 Å². The van der Waals surface area contributed by atoms with Gasteiger partial charge in [-0.25, -0.2) is 8.78 Å². The average molecular weight is 209 g/mol. The maximum Gasteiger partial charge on any atom is 0.272 e. The third-order valence-corrected chi connectivity index (χ3v) is 3.50. The topological polar surface area (TPSA) is 26.0 Å². The average Bonchev–Trinajstić information content (AvgIpc) is 3.06. The van der Waals surface area contributed by atoms with Gasteiger partial charge >= 0.3 is 0 Å². The first-order valence-electron chi connectivity index (χ1n) is 5.30. The molecule has 0 saturated heterocycles. The summed E-state index contributed by atoms with van der Waals surface area (Å²) in [4.78, 5) is 0. The van der Waals surface area contributed by atoms with Crippen LogP contribution < -0.4 is 5.73 Å². The first kappa shape index (κ1) is 9.28. The molecule has 0 radical (unpaired) electrons. The van der Waals surface area contributed by atoms with Crippen molar-refractivity contribution in [2.24, 2.45) is 5.73 Å². The van der Waals surface area contributed by atoms with E-state index in [0.29, 0.717) is 11.5 Å². The van der Waals surface area contributed by atoms with Crippen molar-refractivity contribution in [2.75, 3.05) is 0 Å². The maximum atomic E-state index is 13.0. The predicted octanol–water partition coefficient (Wildman–Crippen LogP) is 2.76. The number of hydrogen-bond donors (Lipinski definition) is 1. The lowest BCUT2D eigenvalue weighted by molar-refractivity contribution is 0.0891. The van der Waals surface area contributed by atoms with Gasteiger partial charge in [-0.05, 0) is 29.9 Å². The van der Waals surface area contributed by atoms with Crippen molar-refractivity contribution in [1.82, 2.24) is 0 Å². The Hall–Kier alpha value is -0.960. The fourth-order valence-corrected chi connectivity index (χ4v) is 2.09. The zero-order chi connectivity index (χ0) is 10.7. The second kappa shape index (κ2) is 2.59. The zero-order valence-electron chi connectivity index (χ0n) is 8.34. The molecule has 2 aliphatic carbocycles. The number of halogens is 2. The van der Waals surface area contributed by atoms with E-state index < -0.39 is 11.5 Å². The first-order chi connectivity index (χ1) is 7.03. The Labute approximate surface area is 87.3 Å². The molecule has 3 heteroatoms. The summed E-state index contributed by atoms with van der Waals surface area (Å²) >= 11 is 0. The molecule has 0 aliphatic heterocycles. The summed E-state index contributed by atoms with van der Waals surface area (Å²) in [6.45, 7) is 0. The summed E-state index contributed by atoms with van der Waals surface area (Å²) < 4.78 is 26.0. The minimum absolute atomic E-state index is 0.219. The maximum absolute atomic E-state index is 13.0. The molecule has 0 spiro atoms. The fourth-order valence-electron chi connectivity index (χ4n) is 2.09. The third kappa shape index (κ3) is 1.29. The number of alkyl halides is 2. The van der Waals surface area contributed by atoms with E-state index in [1.54, 1.807) is 12.1 Å². The van der Waals surface area contributed by atoms with Crippen LogP contribution in [-0.2, 0) is 5.54 Å². The van der Waals surface area contributed by atoms with Gasteiger partial charge in [-0.1, -0.05) is 24.3 Å². The molecule has 15 heavy (non-hydrogen) atoms. The van der Waals surface area contributed by atoms with Crippen LogP contribution in [0.4, 0.5) is 8.78 Å². The summed E-state index contributed by atoms with van der Waals surface area (Å²) in [6, 6.07) is 7.40. The highest BCUT2D eigenvalue weighted by molar-refractivity contribution is 5.38. The highest BCUT2D eigenvalue weighted by Crippen LogP contribution is 2.57. The van der Waals surface area contributed by atoms with Crippen molar-refractivity contribution < 1.29 is 8.78 Å². The number of hydrogen-bond acceptors (Lipinski definition) is 1. The van der Waals surface area contributed by atoms with Crippen LogP contribution in [-0.4, -0.2) is 5.92 Å². The Morgan fingerprint density at radius 2 is 1.67 bits per heavy atom. The van der Waals surface area contributed by atoms with Gasteiger partial charge in [0.2, 0.25) is 0 Å². The Morgan fingerprint density at radius 3 is 2.07 bits per heavy atom. The van der Waals surface area contributed by atoms with E-state index in [-0.39, 0.29) is 6.42 Å². The highest BCUT2D eigenvalue weighted by Gasteiger charge is 2.69. The smallest absolute Gasteiger partial charge is 0.272 e. The van der Waals surface area contributed by atoms with Gasteiger partial charge in [0.25, 0.3) is 5.92 Å². The van der Waals surface area contributed by atoms with E-state index in [1.165, 1.54) is 18.4 Å². The lowest BCUT2D eigenvalue weighted by atomic mass is 10.0. The van der Waals surface area contributed by atoms with Crippen molar-refractivity contribution in [3.63, 3.8) is 0 Å². The van der Waals surface area contributed by atoms with Crippen LogP contribution in [0.15, 0.2) is 24.3 Å². The molecule has 3 rings (SSSR count). The Morgan fingerprint density at radius 1 is 1.13 bits per heavy atom. The van der Waals surface area contributed by atoms with Crippen molar-refractivity contribution >= 4 is 0 Å². The van der Waals surface area contributed by atoms with Gasteiger partial charge in [-0.3, -0.25) is 0 Å². The number of rotatable bonds is 2. The molecule has 0 heterocycles. The molecule has 80 valence electrons. The Bertz CT molecular complexity index is 395. The van der Waals surface area contributed by atoms with E-state index >= 15 is 0 Å². The fraction of sp³-hybridized carbons (Fsp3) is 0.500. The quantitative estimate of drug-likeness (QED) is 0.796. The molecule has 1 aromatic carbocycles. The molecule has 2 saturated carbocycles. The minimum atomic E-state index is -2.71. The van der Waals surface area contributed by atoms with Crippen molar-refractivity contribution in [2.45, 2.75) is 36.6 Å². The van der Waals surface area contributed by atoms with Crippen LogP contribution in [0.2, 0.25) is 0 Å². The van der Waals surface area contributed by atoms with Gasteiger partial charge < -0.3 is 5.73 Å². The Kier molecular flexibility index (Phi) is 1.60. The van der Waals surface area contributed by atoms with E-state index in [9.17, 15) is 8.78 Å². The second-order valence-electron chi connectivity index (χ2n) is 4.75. The lowest BCUT2D eigenvalue weighted by Crippen LogP contribution is -2.26. The molecule has 1 aromatic rings. The SMILES string of the molecule is NC1(c2ccc(C3CC3)cc2)CC1(F)F. The number of benzene rings is 1. The zero-order valence-corrected chi connectivity index (χ0v) is 8.34. The van der Waals surface area contributed by atoms with E-state index in [2.05, 4.69) is 0 Å². The molecule has 2 fully saturated rings. The van der Waals surface area contributed by atoms with Crippen LogP contribution >= 0.6 is 0 Å². The largest absolute Gasteiger partial charge is 0.316 e. The molecule has 1 unspecified atom stereocenters.